The first kappa shape index (κ1) is 8.41. The molecule has 0 spiro atoms. The zero-order valence-corrected chi connectivity index (χ0v) is 7.99. The van der Waals surface area contributed by atoms with E-state index in [1.165, 1.54) is 6.42 Å². The first-order valence-corrected chi connectivity index (χ1v) is 4.36. The Morgan fingerprint density at radius 1 is 1.50 bits per heavy atom. The van der Waals surface area contributed by atoms with Crippen LogP contribution in [0.5, 0.6) is 0 Å². The second kappa shape index (κ2) is 2.74. The Morgan fingerprint density at radius 3 is 2.50 bits per heavy atom. The van der Waals surface area contributed by atoms with E-state index in [4.69, 9.17) is 0 Å². The summed E-state index contributed by atoms with van der Waals surface area (Å²) < 4.78 is 2.12. The predicted molar refractivity (Wildman–Crippen MR) is 48.1 cm³/mol. The fourth-order valence-corrected chi connectivity index (χ4v) is 1.92. The normalized spacial score (nSPS) is 34.2. The number of nitrogens with zero attached hydrogens (tertiary/aromatic N) is 1. The molecular formula is C8H17NS. The van der Waals surface area contributed by atoms with Gasteiger partial charge in [0.05, 0.1) is 0 Å². The lowest BCUT2D eigenvalue weighted by Gasteiger charge is -2.40. The minimum atomic E-state index is 0.458. The monoisotopic (exact) mass is 159 g/mol. The highest BCUT2D eigenvalue weighted by molar-refractivity contribution is 7.77. The van der Waals surface area contributed by atoms with Gasteiger partial charge in [-0.2, -0.15) is 0 Å². The maximum Gasteiger partial charge on any atom is 0.0141 e. The van der Waals surface area contributed by atoms with Crippen LogP contribution in [-0.2, 0) is 0 Å². The summed E-state index contributed by atoms with van der Waals surface area (Å²) in [6.45, 7) is 9.24. The van der Waals surface area contributed by atoms with E-state index in [0.29, 0.717) is 5.41 Å². The summed E-state index contributed by atoms with van der Waals surface area (Å²) in [5, 5.41) is 0. The average Bonchev–Trinajstić information content (AvgIpc) is 1.78. The fourth-order valence-electron chi connectivity index (χ4n) is 1.44. The van der Waals surface area contributed by atoms with E-state index in [1.54, 1.807) is 0 Å². The molecule has 0 saturated carbocycles. The molecule has 0 aliphatic carbocycles. The number of rotatable bonds is 0. The number of hydrogen-bond donors (Lipinski definition) is 1. The Bertz CT molecular complexity index is 122. The van der Waals surface area contributed by atoms with Gasteiger partial charge in [-0.3, -0.25) is 4.31 Å². The maximum atomic E-state index is 4.35. The molecule has 60 valence electrons. The summed E-state index contributed by atoms with van der Waals surface area (Å²) in [6.07, 6.45) is 1.29. The molecule has 1 rings (SSSR count). The van der Waals surface area contributed by atoms with Gasteiger partial charge >= 0.3 is 0 Å². The lowest BCUT2D eigenvalue weighted by atomic mass is 9.76. The fraction of sp³-hybridized carbons (Fsp3) is 1.00. The first-order valence-electron chi connectivity index (χ1n) is 3.96. The van der Waals surface area contributed by atoms with Crippen molar-refractivity contribution in [2.75, 3.05) is 13.1 Å². The van der Waals surface area contributed by atoms with Crippen LogP contribution < -0.4 is 0 Å². The summed E-state index contributed by atoms with van der Waals surface area (Å²) in [7, 11) is 0. The van der Waals surface area contributed by atoms with Crippen molar-refractivity contribution in [3.63, 3.8) is 0 Å². The Balaban J connectivity index is 2.55. The lowest BCUT2D eigenvalue weighted by Crippen LogP contribution is -2.40. The molecule has 1 fully saturated rings. The Hall–Kier alpha value is 0.310. The molecule has 1 aliphatic rings. The Morgan fingerprint density at radius 2 is 2.10 bits per heavy atom. The molecule has 1 nitrogen and oxygen atoms in total. The average molecular weight is 159 g/mol. The molecule has 2 heteroatoms. The van der Waals surface area contributed by atoms with Crippen LogP contribution in [0.25, 0.3) is 0 Å². The zero-order chi connectivity index (χ0) is 7.78. The van der Waals surface area contributed by atoms with E-state index in [2.05, 4.69) is 37.9 Å². The van der Waals surface area contributed by atoms with Crippen LogP contribution in [0, 0.1) is 11.3 Å². The summed E-state index contributed by atoms with van der Waals surface area (Å²) >= 11 is 4.35. The van der Waals surface area contributed by atoms with Crippen LogP contribution in [0.15, 0.2) is 0 Å². The Labute approximate surface area is 69.3 Å². The van der Waals surface area contributed by atoms with E-state index in [1.807, 2.05) is 0 Å². The highest BCUT2D eigenvalue weighted by Gasteiger charge is 2.31. The van der Waals surface area contributed by atoms with Gasteiger partial charge in [0, 0.05) is 13.1 Å². The molecule has 1 heterocycles. The lowest BCUT2D eigenvalue weighted by molar-refractivity contribution is 0.124. The number of piperidine rings is 1. The molecular weight excluding hydrogens is 142 g/mol. The molecule has 0 aromatic rings. The van der Waals surface area contributed by atoms with Gasteiger partial charge in [0.15, 0.2) is 0 Å². The SMILES string of the molecule is CC1CCN(S)CC1(C)C. The van der Waals surface area contributed by atoms with Gasteiger partial charge in [0.1, 0.15) is 0 Å². The smallest absolute Gasteiger partial charge is 0.0141 e. The topological polar surface area (TPSA) is 3.24 Å². The summed E-state index contributed by atoms with van der Waals surface area (Å²) in [6, 6.07) is 0. The molecule has 0 aromatic carbocycles. The van der Waals surface area contributed by atoms with Gasteiger partial charge < -0.3 is 0 Å². The number of hydrogen-bond acceptors (Lipinski definition) is 2. The minimum Gasteiger partial charge on any atom is -0.253 e. The van der Waals surface area contributed by atoms with Crippen molar-refractivity contribution in [1.82, 2.24) is 4.31 Å². The van der Waals surface area contributed by atoms with E-state index < -0.39 is 0 Å². The van der Waals surface area contributed by atoms with Gasteiger partial charge in [-0.15, -0.1) is 0 Å². The predicted octanol–water partition coefficient (Wildman–Crippen LogP) is 2.20. The molecule has 0 amide bonds. The van der Waals surface area contributed by atoms with Crippen molar-refractivity contribution in [2.24, 2.45) is 11.3 Å². The highest BCUT2D eigenvalue weighted by Crippen LogP contribution is 2.34. The van der Waals surface area contributed by atoms with Crippen molar-refractivity contribution >= 4 is 12.8 Å². The zero-order valence-electron chi connectivity index (χ0n) is 7.09. The molecule has 0 N–H and O–H groups in total. The third-order valence-electron chi connectivity index (χ3n) is 2.74. The molecule has 1 aliphatic heterocycles. The van der Waals surface area contributed by atoms with Gasteiger partial charge in [-0.25, -0.2) is 0 Å². The molecule has 1 saturated heterocycles. The molecule has 0 aromatic heterocycles. The van der Waals surface area contributed by atoms with E-state index in [9.17, 15) is 0 Å². The van der Waals surface area contributed by atoms with E-state index in [0.717, 1.165) is 19.0 Å². The summed E-state index contributed by atoms with van der Waals surface area (Å²) in [4.78, 5) is 0. The van der Waals surface area contributed by atoms with Crippen molar-refractivity contribution < 1.29 is 0 Å². The van der Waals surface area contributed by atoms with Crippen LogP contribution in [0.2, 0.25) is 0 Å². The number of thiol groups is 1. The Kier molecular flexibility index (Phi) is 2.31. The molecule has 10 heavy (non-hydrogen) atoms. The molecule has 1 atom stereocenters. The quantitative estimate of drug-likeness (QED) is 0.530. The van der Waals surface area contributed by atoms with Crippen molar-refractivity contribution in [2.45, 2.75) is 27.2 Å². The van der Waals surface area contributed by atoms with Crippen LogP contribution in [0.3, 0.4) is 0 Å². The van der Waals surface area contributed by atoms with Crippen molar-refractivity contribution in [3.05, 3.63) is 0 Å². The molecule has 1 unspecified atom stereocenters. The van der Waals surface area contributed by atoms with Gasteiger partial charge in [-0.1, -0.05) is 33.6 Å². The highest BCUT2D eigenvalue weighted by atomic mass is 32.1. The second-order valence-corrected chi connectivity index (χ2v) is 4.63. The van der Waals surface area contributed by atoms with Crippen molar-refractivity contribution in [3.8, 4) is 0 Å². The van der Waals surface area contributed by atoms with Crippen LogP contribution in [0.1, 0.15) is 27.2 Å². The molecule has 0 bridgehead atoms. The van der Waals surface area contributed by atoms with Crippen LogP contribution in [-0.4, -0.2) is 17.4 Å². The van der Waals surface area contributed by atoms with Crippen molar-refractivity contribution in [1.29, 1.82) is 0 Å². The van der Waals surface area contributed by atoms with Gasteiger partial charge in [0.25, 0.3) is 0 Å². The van der Waals surface area contributed by atoms with E-state index >= 15 is 0 Å². The minimum absolute atomic E-state index is 0.458. The summed E-state index contributed by atoms with van der Waals surface area (Å²) in [5.41, 5.74) is 0.458. The third kappa shape index (κ3) is 1.67. The van der Waals surface area contributed by atoms with Gasteiger partial charge in [0.2, 0.25) is 0 Å². The van der Waals surface area contributed by atoms with E-state index in [-0.39, 0.29) is 0 Å². The van der Waals surface area contributed by atoms with Crippen LogP contribution in [0.4, 0.5) is 0 Å². The maximum absolute atomic E-state index is 4.35. The summed E-state index contributed by atoms with van der Waals surface area (Å²) in [5.74, 6) is 0.843. The third-order valence-corrected chi connectivity index (χ3v) is 3.09. The first-order chi connectivity index (χ1) is 4.52. The molecule has 0 radical (unpaired) electrons. The van der Waals surface area contributed by atoms with Crippen LogP contribution >= 0.6 is 12.8 Å². The largest absolute Gasteiger partial charge is 0.253 e. The second-order valence-electron chi connectivity index (χ2n) is 4.07. The standard InChI is InChI=1S/C8H17NS/c1-7-4-5-9(10)6-8(7,2)3/h7,10H,4-6H2,1-3H3. The van der Waals surface area contributed by atoms with Gasteiger partial charge in [-0.05, 0) is 17.8 Å².